The van der Waals surface area contributed by atoms with E-state index < -0.39 is 5.69 Å². The zero-order valence-corrected chi connectivity index (χ0v) is 17.2. The van der Waals surface area contributed by atoms with Gasteiger partial charge in [0.25, 0.3) is 5.56 Å². The molecular formula is C22H20N4O2S. The van der Waals surface area contributed by atoms with Crippen LogP contribution in [0, 0.1) is 6.92 Å². The molecule has 0 amide bonds. The van der Waals surface area contributed by atoms with Crippen molar-refractivity contribution in [2.45, 2.75) is 17.7 Å². The molecule has 2 aromatic carbocycles. The molecule has 2 aromatic heterocycles. The molecule has 0 N–H and O–H groups in total. The quantitative estimate of drug-likeness (QED) is 0.386. The average molecular weight is 404 g/mol. The molecule has 6 nitrogen and oxygen atoms in total. The summed E-state index contributed by atoms with van der Waals surface area (Å²) in [7, 11) is 3.10. The molecule has 0 atom stereocenters. The molecular weight excluding hydrogens is 384 g/mol. The maximum Gasteiger partial charge on any atom is 0.332 e. The van der Waals surface area contributed by atoms with Gasteiger partial charge in [0, 0.05) is 25.4 Å². The maximum absolute atomic E-state index is 12.9. The summed E-state index contributed by atoms with van der Waals surface area (Å²) in [4.78, 5) is 34.6. The third kappa shape index (κ3) is 3.61. The number of fused-ring (bicyclic) bond motifs is 1. The van der Waals surface area contributed by atoms with Gasteiger partial charge < -0.3 is 0 Å². The fourth-order valence-corrected chi connectivity index (χ4v) is 4.06. The number of thioether (sulfide) groups is 1. The van der Waals surface area contributed by atoms with E-state index >= 15 is 0 Å². The molecule has 0 aliphatic rings. The SMILES string of the molecule is Cc1ccc(CSc2nc(-c3ccccc3)nc3c2c(=O)n(C)c(=O)n3C)cc1. The first-order valence-electron chi connectivity index (χ1n) is 9.17. The van der Waals surface area contributed by atoms with E-state index in [4.69, 9.17) is 4.98 Å². The molecule has 0 spiro atoms. The molecule has 0 saturated heterocycles. The van der Waals surface area contributed by atoms with Gasteiger partial charge in [0.2, 0.25) is 0 Å². The van der Waals surface area contributed by atoms with E-state index in [1.807, 2.05) is 37.3 Å². The minimum absolute atomic E-state index is 0.346. The Morgan fingerprint density at radius 2 is 1.59 bits per heavy atom. The van der Waals surface area contributed by atoms with Gasteiger partial charge in [-0.2, -0.15) is 0 Å². The molecule has 0 fully saturated rings. The van der Waals surface area contributed by atoms with Crippen molar-refractivity contribution in [1.29, 1.82) is 0 Å². The van der Waals surface area contributed by atoms with E-state index in [2.05, 4.69) is 29.2 Å². The summed E-state index contributed by atoms with van der Waals surface area (Å²) in [6.45, 7) is 2.05. The van der Waals surface area contributed by atoms with Crippen LogP contribution in [0.1, 0.15) is 11.1 Å². The summed E-state index contributed by atoms with van der Waals surface area (Å²) in [5.41, 5.74) is 2.72. The smallest absolute Gasteiger partial charge is 0.280 e. The van der Waals surface area contributed by atoms with Gasteiger partial charge in [-0.1, -0.05) is 60.2 Å². The highest BCUT2D eigenvalue weighted by Gasteiger charge is 2.18. The van der Waals surface area contributed by atoms with Crippen molar-refractivity contribution in [3.8, 4) is 11.4 Å². The van der Waals surface area contributed by atoms with Crippen molar-refractivity contribution in [3.63, 3.8) is 0 Å². The van der Waals surface area contributed by atoms with Crippen molar-refractivity contribution in [3.05, 3.63) is 86.6 Å². The number of aromatic nitrogens is 4. The van der Waals surface area contributed by atoms with Gasteiger partial charge in [-0.15, -0.1) is 11.8 Å². The number of aryl methyl sites for hydroxylation is 2. The van der Waals surface area contributed by atoms with Crippen LogP contribution in [0.25, 0.3) is 22.4 Å². The Morgan fingerprint density at radius 1 is 0.897 bits per heavy atom. The molecule has 0 saturated carbocycles. The van der Waals surface area contributed by atoms with Gasteiger partial charge >= 0.3 is 5.69 Å². The summed E-state index contributed by atoms with van der Waals surface area (Å²) in [6.07, 6.45) is 0. The molecule has 4 rings (SSSR count). The molecule has 0 radical (unpaired) electrons. The van der Waals surface area contributed by atoms with Crippen LogP contribution in [0.3, 0.4) is 0 Å². The number of hydrogen-bond donors (Lipinski definition) is 0. The van der Waals surface area contributed by atoms with Crippen molar-refractivity contribution in [1.82, 2.24) is 19.1 Å². The van der Waals surface area contributed by atoms with Crippen LogP contribution in [-0.4, -0.2) is 19.1 Å². The Labute approximate surface area is 171 Å². The first kappa shape index (κ1) is 19.1. The fourth-order valence-electron chi connectivity index (χ4n) is 3.09. The lowest BCUT2D eigenvalue weighted by atomic mass is 10.2. The predicted octanol–water partition coefficient (Wildman–Crippen LogP) is 3.29. The molecule has 4 aromatic rings. The largest absolute Gasteiger partial charge is 0.332 e. The lowest BCUT2D eigenvalue weighted by Crippen LogP contribution is -2.37. The highest BCUT2D eigenvalue weighted by molar-refractivity contribution is 7.98. The van der Waals surface area contributed by atoms with E-state index in [0.717, 1.165) is 15.7 Å². The van der Waals surface area contributed by atoms with Crippen LogP contribution < -0.4 is 11.2 Å². The van der Waals surface area contributed by atoms with Gasteiger partial charge in [-0.3, -0.25) is 13.9 Å². The lowest BCUT2D eigenvalue weighted by molar-refractivity contribution is 0.703. The predicted molar refractivity (Wildman–Crippen MR) is 116 cm³/mol. The molecule has 146 valence electrons. The highest BCUT2D eigenvalue weighted by Crippen LogP contribution is 2.28. The van der Waals surface area contributed by atoms with Gasteiger partial charge in [0.05, 0.1) is 0 Å². The van der Waals surface area contributed by atoms with Gasteiger partial charge in [-0.05, 0) is 12.5 Å². The number of rotatable bonds is 4. The van der Waals surface area contributed by atoms with Gasteiger partial charge in [-0.25, -0.2) is 14.8 Å². The summed E-state index contributed by atoms with van der Waals surface area (Å²) < 4.78 is 2.50. The number of hydrogen-bond acceptors (Lipinski definition) is 5. The maximum atomic E-state index is 12.9. The Kier molecular flexibility index (Phi) is 5.07. The van der Waals surface area contributed by atoms with E-state index in [1.54, 1.807) is 7.05 Å². The molecule has 7 heteroatoms. The lowest BCUT2D eigenvalue weighted by Gasteiger charge is -2.12. The van der Waals surface area contributed by atoms with Crippen molar-refractivity contribution < 1.29 is 0 Å². The van der Waals surface area contributed by atoms with E-state index in [0.29, 0.717) is 27.6 Å². The summed E-state index contributed by atoms with van der Waals surface area (Å²) in [6, 6.07) is 17.8. The summed E-state index contributed by atoms with van der Waals surface area (Å²) in [5.74, 6) is 1.15. The van der Waals surface area contributed by atoms with E-state index in [9.17, 15) is 9.59 Å². The van der Waals surface area contributed by atoms with Gasteiger partial charge in [0.1, 0.15) is 10.4 Å². The third-order valence-electron chi connectivity index (χ3n) is 4.79. The second kappa shape index (κ2) is 7.67. The summed E-state index contributed by atoms with van der Waals surface area (Å²) in [5, 5.41) is 0.942. The molecule has 0 aliphatic carbocycles. The third-order valence-corrected chi connectivity index (χ3v) is 5.84. The topological polar surface area (TPSA) is 69.8 Å². The van der Waals surface area contributed by atoms with Crippen molar-refractivity contribution in [2.75, 3.05) is 0 Å². The van der Waals surface area contributed by atoms with E-state index in [-0.39, 0.29) is 5.56 Å². The van der Waals surface area contributed by atoms with Crippen LogP contribution in [0.4, 0.5) is 0 Å². The molecule has 0 aliphatic heterocycles. The first-order valence-corrected chi connectivity index (χ1v) is 10.2. The molecule has 0 unspecified atom stereocenters. The van der Waals surface area contributed by atoms with Crippen LogP contribution in [0.2, 0.25) is 0 Å². The Bertz CT molecular complexity index is 1310. The van der Waals surface area contributed by atoms with Crippen LogP contribution in [0.5, 0.6) is 0 Å². The first-order chi connectivity index (χ1) is 14.0. The molecule has 29 heavy (non-hydrogen) atoms. The second-order valence-electron chi connectivity index (χ2n) is 6.90. The normalized spacial score (nSPS) is 11.1. The Balaban J connectivity index is 1.91. The second-order valence-corrected chi connectivity index (χ2v) is 7.86. The molecule has 0 bridgehead atoms. The summed E-state index contributed by atoms with van der Waals surface area (Å²) >= 11 is 1.48. The zero-order chi connectivity index (χ0) is 20.5. The monoisotopic (exact) mass is 404 g/mol. The van der Waals surface area contributed by atoms with E-state index in [1.165, 1.54) is 28.9 Å². The minimum Gasteiger partial charge on any atom is -0.280 e. The highest BCUT2D eigenvalue weighted by atomic mass is 32.2. The fraction of sp³-hybridized carbons (Fsp3) is 0.182. The van der Waals surface area contributed by atoms with Gasteiger partial charge in [0.15, 0.2) is 11.5 Å². The average Bonchev–Trinajstić information content (AvgIpc) is 2.75. The Morgan fingerprint density at radius 3 is 2.28 bits per heavy atom. The zero-order valence-electron chi connectivity index (χ0n) is 16.4. The number of benzene rings is 2. The van der Waals surface area contributed by atoms with Crippen molar-refractivity contribution >= 4 is 22.8 Å². The number of nitrogens with zero attached hydrogens (tertiary/aromatic N) is 4. The van der Waals surface area contributed by atoms with Crippen LogP contribution >= 0.6 is 11.8 Å². The van der Waals surface area contributed by atoms with Crippen LogP contribution in [0.15, 0.2) is 69.2 Å². The Hall–Kier alpha value is -3.19. The molecule has 2 heterocycles. The van der Waals surface area contributed by atoms with Crippen molar-refractivity contribution in [2.24, 2.45) is 14.1 Å². The van der Waals surface area contributed by atoms with Crippen LogP contribution in [-0.2, 0) is 19.8 Å². The minimum atomic E-state index is -0.408. The standard InChI is InChI=1S/C22H20N4O2S/c1-14-9-11-15(12-10-14)13-29-20-17-19(25(2)22(28)26(3)21(17)27)23-18(24-20)16-7-5-4-6-8-16/h4-12H,13H2,1-3H3.